The third-order valence-electron chi connectivity index (χ3n) is 6.29. The highest BCUT2D eigenvalue weighted by atomic mass is 32.2. The second kappa shape index (κ2) is 7.70. The van der Waals surface area contributed by atoms with Gasteiger partial charge in [-0.1, -0.05) is 6.07 Å². The van der Waals surface area contributed by atoms with Crippen LogP contribution in [0.5, 0.6) is 5.88 Å². The van der Waals surface area contributed by atoms with Crippen molar-refractivity contribution in [1.82, 2.24) is 9.78 Å². The van der Waals surface area contributed by atoms with Crippen LogP contribution in [-0.4, -0.2) is 40.3 Å². The van der Waals surface area contributed by atoms with E-state index in [1.807, 2.05) is 6.92 Å². The van der Waals surface area contributed by atoms with Crippen molar-refractivity contribution in [2.75, 3.05) is 25.6 Å². The van der Waals surface area contributed by atoms with Gasteiger partial charge in [-0.25, -0.2) is 13.7 Å². The molecule has 8 nitrogen and oxygen atoms in total. The zero-order valence-corrected chi connectivity index (χ0v) is 18.1. The first-order valence-electron chi connectivity index (χ1n) is 10.4. The molecular formula is C21H26N4O4S. The summed E-state index contributed by atoms with van der Waals surface area (Å²) in [5, 5.41) is 7.20. The number of methoxy groups -OCH3 is 1. The summed E-state index contributed by atoms with van der Waals surface area (Å²) in [6.07, 6.45) is 6.53. The molecule has 160 valence electrons. The molecule has 3 atom stereocenters. The maximum atomic E-state index is 12.8. The molecule has 0 radical (unpaired) electrons. The Morgan fingerprint density at radius 2 is 2.27 bits per heavy atom. The summed E-state index contributed by atoms with van der Waals surface area (Å²) < 4.78 is 29.4. The highest BCUT2D eigenvalue weighted by Crippen LogP contribution is 2.44. The lowest BCUT2D eigenvalue weighted by Crippen LogP contribution is -2.14. The molecule has 1 aromatic heterocycles. The molecule has 30 heavy (non-hydrogen) atoms. The van der Waals surface area contributed by atoms with E-state index in [9.17, 15) is 9.00 Å². The number of thiol groups is 1. The molecule has 1 aromatic carbocycles. The minimum atomic E-state index is -2.30. The molecule has 2 amide bonds. The number of fused-ring (bicyclic) bond motifs is 3. The van der Waals surface area contributed by atoms with E-state index >= 15 is 0 Å². The van der Waals surface area contributed by atoms with Crippen LogP contribution in [0.4, 0.5) is 10.5 Å². The van der Waals surface area contributed by atoms with E-state index in [2.05, 4.69) is 20.8 Å². The van der Waals surface area contributed by atoms with Crippen LogP contribution in [-0.2, 0) is 34.6 Å². The number of nitrogens with one attached hydrogen (secondary N) is 1. The normalized spacial score (nSPS) is 22.5. The number of nitrogens with zero attached hydrogens (tertiary/aromatic N) is 3. The Bertz CT molecular complexity index is 1100. The lowest BCUT2D eigenvalue weighted by atomic mass is 9.94. The van der Waals surface area contributed by atoms with Crippen molar-refractivity contribution >= 4 is 22.3 Å². The third-order valence-corrected chi connectivity index (χ3v) is 7.38. The van der Waals surface area contributed by atoms with Crippen LogP contribution in [0.1, 0.15) is 54.0 Å². The minimum absolute atomic E-state index is 0.0817. The quantitative estimate of drug-likeness (QED) is 0.726. The van der Waals surface area contributed by atoms with Gasteiger partial charge in [-0.15, -0.1) is 4.36 Å². The zero-order valence-electron chi connectivity index (χ0n) is 17.2. The second-order valence-corrected chi connectivity index (χ2v) is 9.48. The molecule has 0 saturated heterocycles. The van der Waals surface area contributed by atoms with Crippen molar-refractivity contribution in [3.63, 3.8) is 0 Å². The average molecular weight is 431 g/mol. The maximum absolute atomic E-state index is 12.8. The number of benzene rings is 1. The Labute approximate surface area is 177 Å². The largest absolute Gasteiger partial charge is 0.475 e. The third kappa shape index (κ3) is 3.20. The van der Waals surface area contributed by atoms with E-state index in [1.54, 1.807) is 11.8 Å². The van der Waals surface area contributed by atoms with Crippen molar-refractivity contribution in [3.05, 3.63) is 34.5 Å². The summed E-state index contributed by atoms with van der Waals surface area (Å²) in [7, 11) is -0.591. The van der Waals surface area contributed by atoms with Crippen LogP contribution in [0.25, 0.3) is 0 Å². The molecule has 2 aliphatic carbocycles. The van der Waals surface area contributed by atoms with Crippen molar-refractivity contribution in [2.24, 2.45) is 4.36 Å². The van der Waals surface area contributed by atoms with E-state index in [0.717, 1.165) is 37.8 Å². The molecule has 1 aliphatic heterocycles. The van der Waals surface area contributed by atoms with Gasteiger partial charge in [0.15, 0.2) is 0 Å². The molecule has 0 saturated carbocycles. The first-order valence-corrected chi connectivity index (χ1v) is 11.6. The maximum Gasteiger partial charge on any atom is 0.353 e. The molecule has 9 heteroatoms. The number of hydrogen-bond acceptors (Lipinski definition) is 5. The summed E-state index contributed by atoms with van der Waals surface area (Å²) in [5.41, 5.74) is 5.82. The molecule has 0 fully saturated rings. The van der Waals surface area contributed by atoms with Gasteiger partial charge >= 0.3 is 6.03 Å². The standard InChI is InChI=1S/C21H26N4O4S/c1-12-10-29-20-17(9-22-25(12)20)30(27)24-21(26)23-19-16-5-3-4-13(16)8-14-6-7-15(11-28-2)18(14)19/h8-9,12,15,30H,3-7,10-11H2,1-2H3,(H,23,26)/t12-,15+/m0/s1. The Kier molecular flexibility index (Phi) is 5.02. The van der Waals surface area contributed by atoms with Gasteiger partial charge in [-0.05, 0) is 61.3 Å². The van der Waals surface area contributed by atoms with Crippen LogP contribution in [0.3, 0.4) is 0 Å². The smallest absolute Gasteiger partial charge is 0.353 e. The van der Waals surface area contributed by atoms with Crippen molar-refractivity contribution in [2.45, 2.75) is 55.9 Å². The Balaban J connectivity index is 1.46. The Morgan fingerprint density at radius 3 is 3.10 bits per heavy atom. The van der Waals surface area contributed by atoms with Gasteiger partial charge in [0.2, 0.25) is 5.88 Å². The van der Waals surface area contributed by atoms with Gasteiger partial charge in [-0.2, -0.15) is 5.10 Å². The number of aryl methyl sites for hydroxylation is 2. The number of amides is 2. The van der Waals surface area contributed by atoms with Crippen LogP contribution < -0.4 is 10.1 Å². The second-order valence-electron chi connectivity index (χ2n) is 8.25. The summed E-state index contributed by atoms with van der Waals surface area (Å²) >= 11 is 0. The van der Waals surface area contributed by atoms with E-state index in [0.29, 0.717) is 24.0 Å². The lowest BCUT2D eigenvalue weighted by Gasteiger charge is -2.19. The summed E-state index contributed by atoms with van der Waals surface area (Å²) in [4.78, 5) is 13.2. The SMILES string of the molecule is COC[C@H]1CCc2cc3c(c(NC(=O)/N=[SH](=O)/c4cnn5c4OC[C@@H]5C)c21)CCC3. The lowest BCUT2D eigenvalue weighted by molar-refractivity contribution is 0.179. The summed E-state index contributed by atoms with van der Waals surface area (Å²) in [5.74, 6) is 0.704. The summed E-state index contributed by atoms with van der Waals surface area (Å²) in [6.45, 7) is 3.07. The van der Waals surface area contributed by atoms with Gasteiger partial charge in [0.1, 0.15) is 11.5 Å². The number of anilines is 1. The fraction of sp³-hybridized carbons (Fsp3) is 0.524. The van der Waals surface area contributed by atoms with Gasteiger partial charge < -0.3 is 14.8 Å². The molecule has 1 unspecified atom stereocenters. The van der Waals surface area contributed by atoms with Crippen molar-refractivity contribution < 1.29 is 18.5 Å². The predicted molar refractivity (Wildman–Crippen MR) is 113 cm³/mol. The van der Waals surface area contributed by atoms with Crippen molar-refractivity contribution in [3.8, 4) is 5.88 Å². The molecule has 5 rings (SSSR count). The van der Waals surface area contributed by atoms with E-state index in [4.69, 9.17) is 9.47 Å². The first kappa shape index (κ1) is 19.6. The van der Waals surface area contributed by atoms with Gasteiger partial charge in [0.05, 0.1) is 29.4 Å². The van der Waals surface area contributed by atoms with Gasteiger partial charge in [0, 0.05) is 18.7 Å². The topological polar surface area (TPSA) is 94.8 Å². The fourth-order valence-corrected chi connectivity index (χ4v) is 5.75. The Hall–Kier alpha value is -2.39. The van der Waals surface area contributed by atoms with E-state index in [1.165, 1.54) is 28.5 Å². The first-order chi connectivity index (χ1) is 14.6. The van der Waals surface area contributed by atoms with Crippen LogP contribution in [0.15, 0.2) is 21.5 Å². The predicted octanol–water partition coefficient (Wildman–Crippen LogP) is 3.26. The number of carbonyl (C=O) groups excluding carboxylic acids is 1. The van der Waals surface area contributed by atoms with Crippen LogP contribution in [0, 0.1) is 0 Å². The van der Waals surface area contributed by atoms with Crippen molar-refractivity contribution in [1.29, 1.82) is 0 Å². The fourth-order valence-electron chi connectivity index (χ4n) is 4.95. The summed E-state index contributed by atoms with van der Waals surface area (Å²) in [6, 6.07) is 1.79. The average Bonchev–Trinajstić information content (AvgIpc) is 3.48. The number of carbonyl (C=O) groups is 1. The molecule has 2 aromatic rings. The number of hydrogen-bond donors (Lipinski definition) is 2. The van der Waals surface area contributed by atoms with Gasteiger partial charge in [-0.3, -0.25) is 0 Å². The van der Waals surface area contributed by atoms with E-state index < -0.39 is 16.6 Å². The minimum Gasteiger partial charge on any atom is -0.475 e. The molecule has 1 N–H and O–H groups in total. The van der Waals surface area contributed by atoms with Crippen LogP contribution in [0.2, 0.25) is 0 Å². The number of ether oxygens (including phenoxy) is 2. The highest BCUT2D eigenvalue weighted by molar-refractivity contribution is 7.75. The number of rotatable bonds is 4. The Morgan fingerprint density at radius 1 is 1.40 bits per heavy atom. The molecule has 3 aliphatic rings. The highest BCUT2D eigenvalue weighted by Gasteiger charge is 2.31. The van der Waals surface area contributed by atoms with Gasteiger partial charge in [0.25, 0.3) is 0 Å². The number of urea groups is 1. The monoisotopic (exact) mass is 430 g/mol. The zero-order chi connectivity index (χ0) is 20.8. The number of aromatic nitrogens is 2. The molecule has 0 spiro atoms. The van der Waals surface area contributed by atoms with E-state index in [-0.39, 0.29) is 12.0 Å². The molecular weight excluding hydrogens is 404 g/mol. The molecule has 2 heterocycles. The molecule has 0 bridgehead atoms. The van der Waals surface area contributed by atoms with Crippen LogP contribution >= 0.6 is 0 Å².